The number of nitrogens with one attached hydrogen (secondary N) is 1. The number of hydrogen-bond donors (Lipinski definition) is 1. The summed E-state index contributed by atoms with van der Waals surface area (Å²) in [5.41, 5.74) is -0.205. The number of aromatic nitrogens is 2. The molecule has 0 spiro atoms. The van der Waals surface area contributed by atoms with E-state index in [4.69, 9.17) is 11.6 Å². The first kappa shape index (κ1) is 15.6. The van der Waals surface area contributed by atoms with Crippen molar-refractivity contribution in [3.05, 3.63) is 21.1 Å². The average molecular weight is 309 g/mol. The van der Waals surface area contributed by atoms with E-state index in [0.717, 1.165) is 6.26 Å². The molecule has 1 aromatic heterocycles. The standard InChI is InChI=1S/C9H13ClN4O4S/c1-5(4-19(3,17)18)11-8-7(14(15)16)6(2)12-9(10)13-8/h5H,4H2,1-3H3,(H,11,12,13). The van der Waals surface area contributed by atoms with Gasteiger partial charge in [-0.3, -0.25) is 10.1 Å². The highest BCUT2D eigenvalue weighted by molar-refractivity contribution is 7.90. The zero-order valence-electron chi connectivity index (χ0n) is 10.5. The van der Waals surface area contributed by atoms with Crippen molar-refractivity contribution >= 4 is 32.9 Å². The highest BCUT2D eigenvalue weighted by atomic mass is 35.5. The molecule has 19 heavy (non-hydrogen) atoms. The van der Waals surface area contributed by atoms with Crippen LogP contribution in [0.4, 0.5) is 11.5 Å². The Morgan fingerprint density at radius 3 is 2.53 bits per heavy atom. The molecule has 0 radical (unpaired) electrons. The summed E-state index contributed by atoms with van der Waals surface area (Å²) in [4.78, 5) is 17.7. The lowest BCUT2D eigenvalue weighted by atomic mass is 10.3. The third-order valence-electron chi connectivity index (χ3n) is 2.15. The molecule has 0 saturated heterocycles. The smallest absolute Gasteiger partial charge is 0.332 e. The maximum Gasteiger partial charge on any atom is 0.332 e. The fourth-order valence-electron chi connectivity index (χ4n) is 1.58. The van der Waals surface area contributed by atoms with Crippen LogP contribution in [0.3, 0.4) is 0 Å². The summed E-state index contributed by atoms with van der Waals surface area (Å²) in [6, 6.07) is -0.543. The van der Waals surface area contributed by atoms with Gasteiger partial charge in [0.1, 0.15) is 15.5 Å². The number of halogens is 1. The van der Waals surface area contributed by atoms with Gasteiger partial charge in [0.15, 0.2) is 0 Å². The van der Waals surface area contributed by atoms with Gasteiger partial charge < -0.3 is 5.32 Å². The van der Waals surface area contributed by atoms with E-state index in [0.29, 0.717) is 0 Å². The van der Waals surface area contributed by atoms with Crippen LogP contribution in [-0.2, 0) is 9.84 Å². The van der Waals surface area contributed by atoms with Gasteiger partial charge in [-0.25, -0.2) is 13.4 Å². The van der Waals surface area contributed by atoms with Crippen LogP contribution in [0.2, 0.25) is 5.28 Å². The Morgan fingerprint density at radius 2 is 2.05 bits per heavy atom. The normalized spacial score (nSPS) is 13.1. The van der Waals surface area contributed by atoms with Crippen LogP contribution in [0.15, 0.2) is 0 Å². The van der Waals surface area contributed by atoms with Gasteiger partial charge in [-0.05, 0) is 25.4 Å². The van der Waals surface area contributed by atoms with Crippen LogP contribution in [0.1, 0.15) is 12.6 Å². The van der Waals surface area contributed by atoms with E-state index in [1.807, 2.05) is 0 Å². The molecule has 1 heterocycles. The molecule has 0 bridgehead atoms. The monoisotopic (exact) mass is 308 g/mol. The lowest BCUT2D eigenvalue weighted by Crippen LogP contribution is -2.26. The molecule has 1 aromatic rings. The van der Waals surface area contributed by atoms with Gasteiger partial charge in [0, 0.05) is 12.3 Å². The number of hydrogen-bond acceptors (Lipinski definition) is 7. The molecule has 1 N–H and O–H groups in total. The quantitative estimate of drug-likeness (QED) is 0.493. The minimum Gasteiger partial charge on any atom is -0.361 e. The predicted octanol–water partition coefficient (Wildman–Crippen LogP) is 1.19. The molecular weight excluding hydrogens is 296 g/mol. The summed E-state index contributed by atoms with van der Waals surface area (Å²) in [7, 11) is -3.21. The second kappa shape index (κ2) is 5.66. The molecule has 8 nitrogen and oxygen atoms in total. The molecule has 106 valence electrons. The van der Waals surface area contributed by atoms with Crippen LogP contribution < -0.4 is 5.32 Å². The number of sulfone groups is 1. The summed E-state index contributed by atoms with van der Waals surface area (Å²) >= 11 is 5.64. The second-order valence-corrected chi connectivity index (χ2v) is 6.69. The van der Waals surface area contributed by atoms with Crippen LogP contribution in [0.5, 0.6) is 0 Å². The molecule has 1 unspecified atom stereocenters. The largest absolute Gasteiger partial charge is 0.361 e. The summed E-state index contributed by atoms with van der Waals surface area (Å²) in [6.07, 6.45) is 1.08. The van der Waals surface area contributed by atoms with E-state index in [1.54, 1.807) is 6.92 Å². The molecule has 0 aromatic carbocycles. The molecule has 0 aliphatic heterocycles. The maximum atomic E-state index is 11.2. The van der Waals surface area contributed by atoms with E-state index in [1.165, 1.54) is 6.92 Å². The Bertz CT molecular complexity index is 604. The van der Waals surface area contributed by atoms with E-state index in [2.05, 4.69) is 15.3 Å². The average Bonchev–Trinajstić information content (AvgIpc) is 2.10. The van der Waals surface area contributed by atoms with Gasteiger partial charge in [-0.1, -0.05) is 0 Å². The molecule has 0 aliphatic rings. The van der Waals surface area contributed by atoms with Crippen molar-refractivity contribution in [1.82, 2.24) is 9.97 Å². The van der Waals surface area contributed by atoms with Gasteiger partial charge in [0.2, 0.25) is 11.1 Å². The van der Waals surface area contributed by atoms with Crippen LogP contribution in [-0.4, -0.2) is 41.4 Å². The fourth-order valence-corrected chi connectivity index (χ4v) is 2.78. The molecule has 0 fully saturated rings. The lowest BCUT2D eigenvalue weighted by Gasteiger charge is -2.13. The van der Waals surface area contributed by atoms with Gasteiger partial charge >= 0.3 is 5.69 Å². The van der Waals surface area contributed by atoms with Gasteiger partial charge in [0.25, 0.3) is 0 Å². The topological polar surface area (TPSA) is 115 Å². The molecule has 0 saturated carbocycles. The third-order valence-corrected chi connectivity index (χ3v) is 3.42. The van der Waals surface area contributed by atoms with Crippen molar-refractivity contribution in [1.29, 1.82) is 0 Å². The fraction of sp³-hybridized carbons (Fsp3) is 0.556. The Hall–Kier alpha value is -1.48. The summed E-state index contributed by atoms with van der Waals surface area (Å²) in [6.45, 7) is 3.01. The van der Waals surface area contributed by atoms with E-state index in [-0.39, 0.29) is 28.2 Å². The maximum absolute atomic E-state index is 11.2. The van der Waals surface area contributed by atoms with Gasteiger partial charge in [0.05, 0.1) is 10.7 Å². The number of aryl methyl sites for hydroxylation is 1. The SMILES string of the molecule is Cc1nc(Cl)nc(NC(C)CS(C)(=O)=O)c1[N+](=O)[O-]. The van der Waals surface area contributed by atoms with Crippen molar-refractivity contribution < 1.29 is 13.3 Å². The summed E-state index contributed by atoms with van der Waals surface area (Å²) in [5.74, 6) is -0.260. The molecule has 1 atom stereocenters. The van der Waals surface area contributed by atoms with Crippen LogP contribution >= 0.6 is 11.6 Å². The van der Waals surface area contributed by atoms with Crippen LogP contribution in [0, 0.1) is 17.0 Å². The summed E-state index contributed by atoms with van der Waals surface area (Å²) in [5, 5.41) is 13.5. The first-order chi connectivity index (χ1) is 8.60. The number of anilines is 1. The van der Waals surface area contributed by atoms with Crippen LogP contribution in [0.25, 0.3) is 0 Å². The van der Waals surface area contributed by atoms with E-state index < -0.39 is 20.8 Å². The first-order valence-corrected chi connectivity index (χ1v) is 7.67. The number of rotatable bonds is 5. The Labute approximate surface area is 115 Å². The molecule has 0 amide bonds. The first-order valence-electron chi connectivity index (χ1n) is 5.23. The highest BCUT2D eigenvalue weighted by Gasteiger charge is 2.23. The number of nitrogens with zero attached hydrogens (tertiary/aromatic N) is 3. The van der Waals surface area contributed by atoms with E-state index >= 15 is 0 Å². The third kappa shape index (κ3) is 4.60. The lowest BCUT2D eigenvalue weighted by molar-refractivity contribution is -0.385. The van der Waals surface area contributed by atoms with Crippen molar-refractivity contribution in [2.24, 2.45) is 0 Å². The highest BCUT2D eigenvalue weighted by Crippen LogP contribution is 2.26. The predicted molar refractivity (Wildman–Crippen MR) is 71.2 cm³/mol. The van der Waals surface area contributed by atoms with Crippen molar-refractivity contribution in [2.75, 3.05) is 17.3 Å². The molecular formula is C9H13ClN4O4S. The second-order valence-electron chi connectivity index (χ2n) is 4.17. The Balaban J connectivity index is 3.10. The van der Waals surface area contributed by atoms with Crippen molar-refractivity contribution in [3.63, 3.8) is 0 Å². The zero-order chi connectivity index (χ0) is 14.8. The van der Waals surface area contributed by atoms with E-state index in [9.17, 15) is 18.5 Å². The molecule has 10 heteroatoms. The summed E-state index contributed by atoms with van der Waals surface area (Å²) < 4.78 is 22.3. The Kier molecular flexibility index (Phi) is 4.64. The van der Waals surface area contributed by atoms with Crippen molar-refractivity contribution in [3.8, 4) is 0 Å². The number of nitro groups is 1. The molecule has 0 aliphatic carbocycles. The Morgan fingerprint density at radius 1 is 1.47 bits per heavy atom. The van der Waals surface area contributed by atoms with Gasteiger partial charge in [-0.15, -0.1) is 0 Å². The van der Waals surface area contributed by atoms with Crippen molar-refractivity contribution in [2.45, 2.75) is 19.9 Å². The van der Waals surface area contributed by atoms with Gasteiger partial charge in [-0.2, -0.15) is 4.98 Å². The molecule has 1 rings (SSSR count). The zero-order valence-corrected chi connectivity index (χ0v) is 12.1. The minimum absolute atomic E-state index is 0.0846. The minimum atomic E-state index is -3.21.